The fourth-order valence-electron chi connectivity index (χ4n) is 4.50. The Morgan fingerprint density at radius 2 is 1.84 bits per heavy atom. The van der Waals surface area contributed by atoms with Gasteiger partial charge in [0.25, 0.3) is 5.91 Å². The van der Waals surface area contributed by atoms with Crippen molar-refractivity contribution in [1.29, 1.82) is 0 Å². The lowest BCUT2D eigenvalue weighted by Gasteiger charge is -2.27. The maximum atomic E-state index is 13.0. The third-order valence-corrected chi connectivity index (χ3v) is 7.20. The number of para-hydroxylation sites is 1. The topological polar surface area (TPSA) is 58.6 Å². The number of rotatable bonds is 6. The molecule has 1 aliphatic rings. The van der Waals surface area contributed by atoms with E-state index in [-0.39, 0.29) is 11.8 Å². The monoisotopic (exact) mass is 448 g/mol. The zero-order chi connectivity index (χ0) is 22.7. The van der Waals surface area contributed by atoms with Crippen molar-refractivity contribution in [2.24, 2.45) is 5.41 Å². The molecule has 1 atom stereocenters. The number of nitrogens with one attached hydrogen (secondary N) is 1. The van der Waals surface area contributed by atoms with Crippen LogP contribution in [0.25, 0.3) is 11.1 Å². The summed E-state index contributed by atoms with van der Waals surface area (Å²) in [7, 11) is 3.34. The number of likely N-dealkylation sites (tertiary alicyclic amines) is 1. The first-order valence-corrected chi connectivity index (χ1v) is 11.6. The second-order valence-electron chi connectivity index (χ2n) is 8.32. The van der Waals surface area contributed by atoms with Gasteiger partial charge in [0.2, 0.25) is 5.91 Å². The minimum atomic E-state index is -0.622. The van der Waals surface area contributed by atoms with E-state index in [1.807, 2.05) is 48.2 Å². The molecule has 2 heterocycles. The highest BCUT2D eigenvalue weighted by atomic mass is 32.1. The fourth-order valence-corrected chi connectivity index (χ4v) is 5.34. The number of methoxy groups -OCH3 is 1. The van der Waals surface area contributed by atoms with Gasteiger partial charge in [-0.2, -0.15) is 0 Å². The molecule has 1 fully saturated rings. The molecule has 2 aromatic carbocycles. The average Bonchev–Trinajstić information content (AvgIpc) is 3.46. The summed E-state index contributed by atoms with van der Waals surface area (Å²) in [5, 5.41) is 2.83. The van der Waals surface area contributed by atoms with Crippen molar-refractivity contribution in [2.45, 2.75) is 19.8 Å². The Labute approximate surface area is 193 Å². The molecule has 3 aromatic rings. The lowest BCUT2D eigenvalue weighted by molar-refractivity contribution is -0.129. The molecule has 4 rings (SSSR count). The normalized spacial score (nSPS) is 17.9. The van der Waals surface area contributed by atoms with Gasteiger partial charge in [0.05, 0.1) is 17.4 Å². The molecule has 0 radical (unpaired) electrons. The van der Waals surface area contributed by atoms with Gasteiger partial charge in [-0.1, -0.05) is 42.5 Å². The van der Waals surface area contributed by atoms with E-state index in [2.05, 4.69) is 29.6 Å². The van der Waals surface area contributed by atoms with Gasteiger partial charge in [-0.3, -0.25) is 9.59 Å². The Morgan fingerprint density at radius 3 is 2.50 bits per heavy atom. The predicted octanol–water partition coefficient (Wildman–Crippen LogP) is 4.55. The van der Waals surface area contributed by atoms with E-state index in [0.717, 1.165) is 32.2 Å². The lowest BCUT2D eigenvalue weighted by Crippen LogP contribution is -2.44. The van der Waals surface area contributed by atoms with Gasteiger partial charge in [-0.05, 0) is 49.1 Å². The van der Waals surface area contributed by atoms with Crippen LogP contribution in [0.1, 0.15) is 26.5 Å². The highest BCUT2D eigenvalue weighted by Gasteiger charge is 2.45. The summed E-state index contributed by atoms with van der Waals surface area (Å²) in [5.41, 5.74) is 2.55. The molecule has 6 heteroatoms. The smallest absolute Gasteiger partial charge is 0.263 e. The third kappa shape index (κ3) is 4.28. The van der Waals surface area contributed by atoms with Crippen molar-refractivity contribution in [3.05, 3.63) is 76.0 Å². The van der Waals surface area contributed by atoms with E-state index in [1.165, 1.54) is 11.3 Å². The largest absolute Gasteiger partial charge is 0.496 e. The van der Waals surface area contributed by atoms with Gasteiger partial charge in [-0.15, -0.1) is 11.3 Å². The maximum absolute atomic E-state index is 13.0. The average molecular weight is 449 g/mol. The number of benzene rings is 2. The van der Waals surface area contributed by atoms with Crippen molar-refractivity contribution in [1.82, 2.24) is 10.2 Å². The second kappa shape index (κ2) is 9.17. The SMILES string of the molecule is CNC(=O)[C@]1(Cc2ccc(-c3ccccc3OC)cc2)CCN(C(=O)c2ccc(C)s2)C1. The van der Waals surface area contributed by atoms with Gasteiger partial charge in [0, 0.05) is 30.6 Å². The van der Waals surface area contributed by atoms with Crippen molar-refractivity contribution in [3.63, 3.8) is 0 Å². The van der Waals surface area contributed by atoms with Crippen LogP contribution in [-0.4, -0.2) is 44.0 Å². The van der Waals surface area contributed by atoms with Crippen molar-refractivity contribution < 1.29 is 14.3 Å². The number of carbonyl (C=O) groups excluding carboxylic acids is 2. The molecule has 0 spiro atoms. The van der Waals surface area contributed by atoms with E-state index in [1.54, 1.807) is 14.2 Å². The Hall–Kier alpha value is -3.12. The lowest BCUT2D eigenvalue weighted by atomic mass is 9.79. The third-order valence-electron chi connectivity index (χ3n) is 6.22. The van der Waals surface area contributed by atoms with Gasteiger partial charge in [0.1, 0.15) is 5.75 Å². The number of aryl methyl sites for hydroxylation is 1. The molecule has 0 aliphatic carbocycles. The van der Waals surface area contributed by atoms with Crippen LogP contribution in [0, 0.1) is 12.3 Å². The van der Waals surface area contributed by atoms with Crippen molar-refractivity contribution in [2.75, 3.05) is 27.2 Å². The van der Waals surface area contributed by atoms with Gasteiger partial charge in [0.15, 0.2) is 0 Å². The molecule has 1 aliphatic heterocycles. The predicted molar refractivity (Wildman–Crippen MR) is 128 cm³/mol. The number of amides is 2. The van der Waals surface area contributed by atoms with Crippen LogP contribution in [0.4, 0.5) is 0 Å². The number of hydrogen-bond donors (Lipinski definition) is 1. The molecular weight excluding hydrogens is 420 g/mol. The highest BCUT2D eigenvalue weighted by Crippen LogP contribution is 2.37. The molecule has 1 aromatic heterocycles. The number of nitrogens with zero attached hydrogens (tertiary/aromatic N) is 1. The summed E-state index contributed by atoms with van der Waals surface area (Å²) >= 11 is 1.50. The highest BCUT2D eigenvalue weighted by molar-refractivity contribution is 7.13. The van der Waals surface area contributed by atoms with Crippen LogP contribution in [0.3, 0.4) is 0 Å². The maximum Gasteiger partial charge on any atom is 0.263 e. The molecule has 166 valence electrons. The molecule has 2 amide bonds. The van der Waals surface area contributed by atoms with Crippen LogP contribution in [0.15, 0.2) is 60.7 Å². The summed E-state index contributed by atoms with van der Waals surface area (Å²) in [5.74, 6) is 0.834. The number of hydrogen-bond acceptors (Lipinski definition) is 4. The fraction of sp³-hybridized carbons (Fsp3) is 0.308. The summed E-state index contributed by atoms with van der Waals surface area (Å²) in [6, 6.07) is 20.0. The number of ether oxygens (including phenoxy) is 1. The Bertz CT molecular complexity index is 1120. The van der Waals surface area contributed by atoms with E-state index >= 15 is 0 Å². The van der Waals surface area contributed by atoms with E-state index in [4.69, 9.17) is 4.74 Å². The first-order valence-electron chi connectivity index (χ1n) is 10.8. The first-order chi connectivity index (χ1) is 15.5. The number of thiophene rings is 1. The minimum Gasteiger partial charge on any atom is -0.496 e. The minimum absolute atomic E-state index is 0.0102. The zero-order valence-corrected chi connectivity index (χ0v) is 19.5. The number of carbonyl (C=O) groups is 2. The van der Waals surface area contributed by atoms with E-state index < -0.39 is 5.41 Å². The Morgan fingerprint density at radius 1 is 1.09 bits per heavy atom. The van der Waals surface area contributed by atoms with E-state index in [0.29, 0.717) is 25.9 Å². The first kappa shape index (κ1) is 22.1. The molecule has 0 bridgehead atoms. The summed E-state index contributed by atoms with van der Waals surface area (Å²) in [6.45, 7) is 3.01. The van der Waals surface area contributed by atoms with Crippen LogP contribution in [0.5, 0.6) is 5.75 Å². The summed E-state index contributed by atoms with van der Waals surface area (Å²) in [6.07, 6.45) is 1.24. The van der Waals surface area contributed by atoms with Crippen LogP contribution in [0.2, 0.25) is 0 Å². The summed E-state index contributed by atoms with van der Waals surface area (Å²) < 4.78 is 5.48. The second-order valence-corrected chi connectivity index (χ2v) is 9.61. The van der Waals surface area contributed by atoms with E-state index in [9.17, 15) is 9.59 Å². The standard InChI is InChI=1S/C26H28N2O3S/c1-18-8-13-23(32-18)24(29)28-15-14-26(17-28,25(30)27-2)16-19-9-11-20(12-10-19)21-6-4-5-7-22(21)31-3/h4-13H,14-17H2,1-3H3,(H,27,30)/t26-/m0/s1. The Kier molecular flexibility index (Phi) is 6.33. The van der Waals surface area contributed by atoms with Crippen molar-refractivity contribution >= 4 is 23.2 Å². The van der Waals surface area contributed by atoms with Gasteiger partial charge >= 0.3 is 0 Å². The van der Waals surface area contributed by atoms with Gasteiger partial charge in [-0.25, -0.2) is 0 Å². The van der Waals surface area contributed by atoms with Crippen LogP contribution < -0.4 is 10.1 Å². The summed E-state index contributed by atoms with van der Waals surface area (Å²) in [4.78, 5) is 29.6. The molecule has 0 saturated carbocycles. The van der Waals surface area contributed by atoms with Crippen LogP contribution >= 0.6 is 11.3 Å². The Balaban J connectivity index is 1.55. The molecule has 1 saturated heterocycles. The van der Waals surface area contributed by atoms with Crippen LogP contribution in [-0.2, 0) is 11.2 Å². The molecule has 32 heavy (non-hydrogen) atoms. The molecule has 1 N–H and O–H groups in total. The quantitative estimate of drug-likeness (QED) is 0.602. The molecular formula is C26H28N2O3S. The van der Waals surface area contributed by atoms with Crippen molar-refractivity contribution in [3.8, 4) is 16.9 Å². The zero-order valence-electron chi connectivity index (χ0n) is 18.7. The van der Waals surface area contributed by atoms with Gasteiger partial charge < -0.3 is 15.0 Å². The molecule has 0 unspecified atom stereocenters. The molecule has 5 nitrogen and oxygen atoms in total.